The zero-order valence-corrected chi connectivity index (χ0v) is 12.4. The van der Waals surface area contributed by atoms with Crippen LogP contribution in [0.5, 0.6) is 0 Å². The lowest BCUT2D eigenvalue weighted by Crippen LogP contribution is -2.51. The van der Waals surface area contributed by atoms with Crippen molar-refractivity contribution < 1.29 is 9.59 Å². The highest BCUT2D eigenvalue weighted by Gasteiger charge is 2.27. The summed E-state index contributed by atoms with van der Waals surface area (Å²) in [5.74, 6) is -0.585. The van der Waals surface area contributed by atoms with Crippen molar-refractivity contribution in [3.8, 4) is 0 Å². The van der Waals surface area contributed by atoms with Gasteiger partial charge >= 0.3 is 0 Å². The molecule has 0 radical (unpaired) electrons. The van der Waals surface area contributed by atoms with E-state index in [1.165, 1.54) is 15.5 Å². The molecule has 2 aromatic heterocycles. The Balaban J connectivity index is 1.98. The molecule has 3 rings (SSSR count). The number of nitrogens with zero attached hydrogens (tertiary/aromatic N) is 4. The van der Waals surface area contributed by atoms with Crippen LogP contribution in [0, 0.1) is 6.92 Å². The van der Waals surface area contributed by atoms with E-state index in [0.717, 1.165) is 5.56 Å². The Morgan fingerprint density at radius 3 is 2.77 bits per heavy atom. The molecule has 7 heteroatoms. The van der Waals surface area contributed by atoms with E-state index in [2.05, 4.69) is 4.98 Å². The number of hydrogen-bond acceptors (Lipinski definition) is 4. The van der Waals surface area contributed by atoms with Crippen LogP contribution >= 0.6 is 0 Å². The van der Waals surface area contributed by atoms with Gasteiger partial charge in [-0.2, -0.15) is 0 Å². The van der Waals surface area contributed by atoms with Gasteiger partial charge in [-0.25, -0.2) is 4.98 Å². The van der Waals surface area contributed by atoms with Crippen LogP contribution in [0.3, 0.4) is 0 Å². The lowest BCUT2D eigenvalue weighted by Gasteiger charge is -2.31. The quantitative estimate of drug-likeness (QED) is 0.738. The summed E-state index contributed by atoms with van der Waals surface area (Å²) in [4.78, 5) is 43.8. The molecule has 0 aromatic carbocycles. The minimum absolute atomic E-state index is 0.00856. The number of piperazine rings is 1. The number of pyridine rings is 1. The molecule has 1 saturated heterocycles. The van der Waals surface area contributed by atoms with Gasteiger partial charge in [-0.1, -0.05) is 0 Å². The fourth-order valence-electron chi connectivity index (χ4n) is 2.43. The van der Waals surface area contributed by atoms with Gasteiger partial charge in [0.2, 0.25) is 5.91 Å². The van der Waals surface area contributed by atoms with Crippen molar-refractivity contribution in [3.63, 3.8) is 0 Å². The van der Waals surface area contributed by atoms with Crippen LogP contribution in [0.25, 0.3) is 5.65 Å². The predicted molar refractivity (Wildman–Crippen MR) is 79.7 cm³/mol. The first-order chi connectivity index (χ1) is 10.5. The van der Waals surface area contributed by atoms with Gasteiger partial charge in [-0.15, -0.1) is 0 Å². The molecule has 0 aliphatic carbocycles. The second-order valence-corrected chi connectivity index (χ2v) is 5.45. The van der Waals surface area contributed by atoms with Crippen molar-refractivity contribution in [2.75, 3.05) is 26.7 Å². The summed E-state index contributed by atoms with van der Waals surface area (Å²) in [5, 5.41) is 0. The second kappa shape index (κ2) is 5.25. The van der Waals surface area contributed by atoms with E-state index in [0.29, 0.717) is 18.7 Å². The Labute approximate surface area is 126 Å². The van der Waals surface area contributed by atoms with E-state index in [1.807, 2.05) is 6.92 Å². The molecule has 2 amide bonds. The van der Waals surface area contributed by atoms with Crippen LogP contribution in [-0.2, 0) is 4.79 Å². The third-order valence-electron chi connectivity index (χ3n) is 3.84. The molecule has 0 N–H and O–H groups in total. The average Bonchev–Trinajstić information content (AvgIpc) is 2.49. The molecular weight excluding hydrogens is 284 g/mol. The van der Waals surface area contributed by atoms with E-state index in [9.17, 15) is 14.4 Å². The van der Waals surface area contributed by atoms with E-state index >= 15 is 0 Å². The van der Waals surface area contributed by atoms with Gasteiger partial charge in [0, 0.05) is 32.5 Å². The van der Waals surface area contributed by atoms with Gasteiger partial charge in [0.1, 0.15) is 17.8 Å². The maximum absolute atomic E-state index is 12.5. The molecule has 114 valence electrons. The maximum atomic E-state index is 12.5. The van der Waals surface area contributed by atoms with Gasteiger partial charge in [0.05, 0.1) is 0 Å². The van der Waals surface area contributed by atoms with Crippen molar-refractivity contribution in [1.29, 1.82) is 0 Å². The molecule has 1 aliphatic rings. The van der Waals surface area contributed by atoms with Gasteiger partial charge < -0.3 is 9.80 Å². The predicted octanol–water partition coefficient (Wildman–Crippen LogP) is -0.0829. The Bertz CT molecular complexity index is 827. The number of likely N-dealkylation sites (N-methyl/N-ethyl adjacent to an activating group) is 1. The van der Waals surface area contributed by atoms with E-state index < -0.39 is 11.5 Å². The van der Waals surface area contributed by atoms with Crippen LogP contribution in [0.1, 0.15) is 15.9 Å². The highest BCUT2D eigenvalue weighted by molar-refractivity contribution is 5.96. The summed E-state index contributed by atoms with van der Waals surface area (Å²) in [7, 11) is 1.69. The van der Waals surface area contributed by atoms with Crippen molar-refractivity contribution in [2.45, 2.75) is 6.92 Å². The summed E-state index contributed by atoms with van der Waals surface area (Å²) in [6.45, 7) is 2.77. The molecule has 3 heterocycles. The molecule has 0 spiro atoms. The van der Waals surface area contributed by atoms with Crippen molar-refractivity contribution >= 4 is 17.5 Å². The zero-order valence-electron chi connectivity index (χ0n) is 12.4. The number of rotatable bonds is 1. The Morgan fingerprint density at radius 1 is 1.27 bits per heavy atom. The lowest BCUT2D eigenvalue weighted by molar-refractivity contribution is -0.133. The van der Waals surface area contributed by atoms with Crippen molar-refractivity contribution in [2.24, 2.45) is 0 Å². The molecule has 2 aromatic rings. The van der Waals surface area contributed by atoms with E-state index in [4.69, 9.17) is 0 Å². The van der Waals surface area contributed by atoms with Crippen LogP contribution < -0.4 is 5.56 Å². The van der Waals surface area contributed by atoms with Crippen molar-refractivity contribution in [3.05, 3.63) is 46.0 Å². The zero-order chi connectivity index (χ0) is 15.9. The van der Waals surface area contributed by atoms with Gasteiger partial charge in [-0.05, 0) is 24.6 Å². The number of amides is 2. The fraction of sp³-hybridized carbons (Fsp3) is 0.333. The Kier molecular flexibility index (Phi) is 3.40. The summed E-state index contributed by atoms with van der Waals surface area (Å²) in [6.07, 6.45) is 2.90. The topological polar surface area (TPSA) is 75.0 Å². The van der Waals surface area contributed by atoms with Gasteiger partial charge in [0.25, 0.3) is 11.5 Å². The molecule has 1 fully saturated rings. The van der Waals surface area contributed by atoms with Crippen LogP contribution in [0.4, 0.5) is 0 Å². The molecule has 22 heavy (non-hydrogen) atoms. The molecule has 0 bridgehead atoms. The average molecular weight is 300 g/mol. The monoisotopic (exact) mass is 300 g/mol. The number of carbonyl (C=O) groups is 2. The maximum Gasteiger partial charge on any atom is 0.270 e. The Morgan fingerprint density at radius 2 is 2.05 bits per heavy atom. The SMILES string of the molecule is Cc1ccn2c(=O)c(C(=O)N3CCN(C)C(=O)C3)cnc2c1. The first-order valence-corrected chi connectivity index (χ1v) is 6.98. The molecular formula is C15H16N4O3. The number of aromatic nitrogens is 2. The first-order valence-electron chi connectivity index (χ1n) is 6.98. The van der Waals surface area contributed by atoms with Crippen molar-refractivity contribution in [1.82, 2.24) is 19.2 Å². The minimum atomic E-state index is -0.450. The normalized spacial score (nSPS) is 15.5. The largest absolute Gasteiger partial charge is 0.342 e. The second-order valence-electron chi connectivity index (χ2n) is 5.45. The Hall–Kier alpha value is -2.70. The first kappa shape index (κ1) is 14.2. The minimum Gasteiger partial charge on any atom is -0.342 e. The molecule has 0 saturated carbocycles. The molecule has 0 atom stereocenters. The summed E-state index contributed by atoms with van der Waals surface area (Å²) >= 11 is 0. The molecule has 7 nitrogen and oxygen atoms in total. The van der Waals surface area contributed by atoms with Gasteiger partial charge in [-0.3, -0.25) is 18.8 Å². The van der Waals surface area contributed by atoms with E-state index in [-0.39, 0.29) is 18.0 Å². The number of aryl methyl sites for hydroxylation is 1. The van der Waals surface area contributed by atoms with Gasteiger partial charge in [0.15, 0.2) is 0 Å². The van der Waals surface area contributed by atoms with E-state index in [1.54, 1.807) is 30.3 Å². The number of hydrogen-bond donors (Lipinski definition) is 0. The summed E-state index contributed by atoms with van der Waals surface area (Å²) in [5.41, 5.74) is 1.05. The summed E-state index contributed by atoms with van der Waals surface area (Å²) < 4.78 is 1.35. The lowest BCUT2D eigenvalue weighted by atomic mass is 10.2. The fourth-order valence-corrected chi connectivity index (χ4v) is 2.43. The highest BCUT2D eigenvalue weighted by Crippen LogP contribution is 2.07. The van der Waals surface area contributed by atoms with Crippen LogP contribution in [-0.4, -0.2) is 57.7 Å². The number of fused-ring (bicyclic) bond motifs is 1. The molecule has 0 unspecified atom stereocenters. The molecule has 1 aliphatic heterocycles. The third kappa shape index (κ3) is 2.34. The smallest absolute Gasteiger partial charge is 0.270 e. The number of carbonyl (C=O) groups excluding carboxylic acids is 2. The summed E-state index contributed by atoms with van der Waals surface area (Å²) in [6, 6.07) is 3.55. The van der Waals surface area contributed by atoms with Crippen LogP contribution in [0.2, 0.25) is 0 Å². The standard InChI is InChI=1S/C15H16N4O3/c1-10-3-4-19-12(7-10)16-8-11(15(19)22)14(21)18-6-5-17(2)13(20)9-18/h3-4,7-8H,5-6,9H2,1-2H3. The van der Waals surface area contributed by atoms with Crippen LogP contribution in [0.15, 0.2) is 29.3 Å². The highest BCUT2D eigenvalue weighted by atomic mass is 16.2. The third-order valence-corrected chi connectivity index (χ3v) is 3.84.